The summed E-state index contributed by atoms with van der Waals surface area (Å²) >= 11 is 0. The van der Waals surface area contributed by atoms with Crippen molar-refractivity contribution in [3.05, 3.63) is 85.1 Å². The van der Waals surface area contributed by atoms with Gasteiger partial charge in [-0.05, 0) is 83.5 Å². The summed E-state index contributed by atoms with van der Waals surface area (Å²) in [6.07, 6.45) is 64.5. The van der Waals surface area contributed by atoms with Crippen molar-refractivity contribution in [3.8, 4) is 0 Å². The molecule has 17 atom stereocenters. The average Bonchev–Trinajstić information content (AvgIpc) is 0.780. The second-order valence-electron chi connectivity index (χ2n) is 30.6. The SMILES string of the molecule is CC/C=C\C/C=C\C/C=C\C/C=C\CCCCCCCCCCCCCCCCCCCCC(=O)NC(COC1OC(CO)C(OC2OC(CO)C(OC3OC(CO)C(O)C(O)C3O)C(O)C2O)C(O)C1O)C(O)/C=C/CC/C=C/CC/C=C/CCCCCCCCCCCCCCCCCCCCCCC. The average molecular weight is 1520 g/mol. The molecular formula is C88H157NO18. The van der Waals surface area contributed by atoms with Gasteiger partial charge in [0.25, 0.3) is 0 Å². The third-order valence-corrected chi connectivity index (χ3v) is 21.2. The van der Waals surface area contributed by atoms with Crippen molar-refractivity contribution in [3.63, 3.8) is 0 Å². The number of nitrogens with one attached hydrogen (secondary N) is 1. The lowest BCUT2D eigenvalue weighted by Crippen LogP contribution is -2.66. The molecule has 3 saturated heterocycles. The number of unbranched alkanes of at least 4 members (excludes halogenated alkanes) is 41. The molecule has 3 fully saturated rings. The largest absolute Gasteiger partial charge is 0.394 e. The van der Waals surface area contributed by atoms with E-state index in [4.69, 9.17) is 28.4 Å². The molecule has 17 unspecified atom stereocenters. The molecule has 3 aliphatic heterocycles. The summed E-state index contributed by atoms with van der Waals surface area (Å²) in [5, 5.41) is 121. The maximum Gasteiger partial charge on any atom is 0.220 e. The highest BCUT2D eigenvalue weighted by atomic mass is 16.8. The first-order valence-electron chi connectivity index (χ1n) is 43.3. The van der Waals surface area contributed by atoms with Crippen molar-refractivity contribution in [2.75, 3.05) is 26.4 Å². The molecular weight excluding hydrogens is 1360 g/mol. The first-order chi connectivity index (χ1) is 52.3. The van der Waals surface area contributed by atoms with E-state index in [0.29, 0.717) is 12.8 Å². The van der Waals surface area contributed by atoms with Crippen LogP contribution < -0.4 is 5.32 Å². The molecule has 0 saturated carbocycles. The molecule has 3 rings (SSSR count). The highest BCUT2D eigenvalue weighted by molar-refractivity contribution is 5.76. The first kappa shape index (κ1) is 98.2. The molecule has 0 aromatic carbocycles. The zero-order valence-corrected chi connectivity index (χ0v) is 66.9. The summed E-state index contributed by atoms with van der Waals surface area (Å²) in [5.41, 5.74) is 0. The molecule has 0 radical (unpaired) electrons. The second kappa shape index (κ2) is 67.5. The Morgan fingerprint density at radius 2 is 0.654 bits per heavy atom. The Morgan fingerprint density at radius 3 is 1.05 bits per heavy atom. The van der Waals surface area contributed by atoms with Crippen molar-refractivity contribution in [2.45, 2.75) is 439 Å². The number of aliphatic hydroxyl groups excluding tert-OH is 11. The van der Waals surface area contributed by atoms with Gasteiger partial charge in [0.15, 0.2) is 18.9 Å². The lowest BCUT2D eigenvalue weighted by molar-refractivity contribution is -0.379. The standard InChI is InChI=1S/C88H157NO18/c1-3-5-7-9-11-13-15-17-19-21-23-25-27-29-31-33-35-37-39-41-43-45-47-49-51-53-55-57-59-61-63-65-72(93)71(89-76(94)66-64-62-60-58-56-54-52-50-48-46-44-42-40-38-36-34-32-30-28-26-24-22-20-18-16-14-12-10-8-6-4-2)70-102-86-82(100)79(97)84(74(68-91)104-86)107-88-83(101)80(98)85(75(69-92)105-88)106-87-81(99)78(96)77(95)73(67-90)103-87/h6,8,12,14,18,20,24,26,47,49,55,57,63,65,71-75,77-88,90-93,95-101H,3-5,7,9-11,13,15-17,19,21-23,25,27-46,48,50-54,56,58-62,64,66-70H2,1-2H3,(H,89,94)/b8-6-,14-12-,20-18-,26-24-,49-47+,57-55+,65-63+. The first-order valence-corrected chi connectivity index (χ1v) is 43.3. The van der Waals surface area contributed by atoms with Crippen LogP contribution in [0.15, 0.2) is 85.1 Å². The van der Waals surface area contributed by atoms with Crippen LogP contribution in [0.25, 0.3) is 0 Å². The molecule has 0 aromatic rings. The van der Waals surface area contributed by atoms with Crippen molar-refractivity contribution in [2.24, 2.45) is 0 Å². The summed E-state index contributed by atoms with van der Waals surface area (Å²) < 4.78 is 34.5. The van der Waals surface area contributed by atoms with Gasteiger partial charge >= 0.3 is 0 Å². The van der Waals surface area contributed by atoms with Gasteiger partial charge in [-0.2, -0.15) is 0 Å². The molecule has 3 aliphatic rings. The minimum Gasteiger partial charge on any atom is -0.394 e. The fourth-order valence-electron chi connectivity index (χ4n) is 14.3. The molecule has 12 N–H and O–H groups in total. The van der Waals surface area contributed by atoms with Gasteiger partial charge in [0.1, 0.15) is 73.2 Å². The maximum absolute atomic E-state index is 13.5. The van der Waals surface area contributed by atoms with Gasteiger partial charge in [-0.15, -0.1) is 0 Å². The van der Waals surface area contributed by atoms with Gasteiger partial charge in [0.2, 0.25) is 5.91 Å². The van der Waals surface area contributed by atoms with Crippen LogP contribution in [-0.2, 0) is 33.2 Å². The minimum atomic E-state index is -1.99. The van der Waals surface area contributed by atoms with E-state index < -0.39 is 124 Å². The van der Waals surface area contributed by atoms with E-state index >= 15 is 0 Å². The van der Waals surface area contributed by atoms with E-state index in [1.165, 1.54) is 231 Å². The lowest BCUT2D eigenvalue weighted by atomic mass is 9.96. The van der Waals surface area contributed by atoms with E-state index in [1.807, 2.05) is 6.08 Å². The highest BCUT2D eigenvalue weighted by Crippen LogP contribution is 2.33. The fraction of sp³-hybridized carbons (Fsp3) is 0.830. The van der Waals surface area contributed by atoms with E-state index in [0.717, 1.165) is 70.6 Å². The second-order valence-corrected chi connectivity index (χ2v) is 30.6. The topological polar surface area (TPSA) is 307 Å². The molecule has 19 heteroatoms. The molecule has 107 heavy (non-hydrogen) atoms. The summed E-state index contributed by atoms with van der Waals surface area (Å²) in [7, 11) is 0. The number of carbonyl (C=O) groups is 1. The molecule has 0 aromatic heterocycles. The number of allylic oxidation sites excluding steroid dienone is 13. The van der Waals surface area contributed by atoms with Crippen LogP contribution in [0.1, 0.15) is 335 Å². The zero-order chi connectivity index (χ0) is 77.4. The Labute approximate surface area is 648 Å². The minimum absolute atomic E-state index is 0.230. The monoisotopic (exact) mass is 1520 g/mol. The van der Waals surface area contributed by atoms with Crippen molar-refractivity contribution >= 4 is 5.91 Å². The molecule has 622 valence electrons. The molecule has 1 amide bonds. The summed E-state index contributed by atoms with van der Waals surface area (Å²) in [4.78, 5) is 13.5. The molecule has 0 bridgehead atoms. The van der Waals surface area contributed by atoms with Gasteiger partial charge in [-0.1, -0.05) is 330 Å². The van der Waals surface area contributed by atoms with Gasteiger partial charge in [-0.25, -0.2) is 0 Å². The molecule has 3 heterocycles. The van der Waals surface area contributed by atoms with Crippen LogP contribution in [0.3, 0.4) is 0 Å². The Kier molecular flexibility index (Phi) is 61.9. The van der Waals surface area contributed by atoms with Crippen LogP contribution >= 0.6 is 0 Å². The van der Waals surface area contributed by atoms with Gasteiger partial charge < -0.3 is 89.9 Å². The van der Waals surface area contributed by atoms with Crippen molar-refractivity contribution < 1.29 is 89.4 Å². The molecule has 0 aliphatic carbocycles. The van der Waals surface area contributed by atoms with Crippen molar-refractivity contribution in [1.82, 2.24) is 5.32 Å². The normalized spacial score (nSPS) is 25.9. The number of amides is 1. The van der Waals surface area contributed by atoms with Gasteiger partial charge in [-0.3, -0.25) is 4.79 Å². The van der Waals surface area contributed by atoms with Gasteiger partial charge in [0, 0.05) is 6.42 Å². The fourth-order valence-corrected chi connectivity index (χ4v) is 14.3. The van der Waals surface area contributed by atoms with Crippen LogP contribution in [-0.4, -0.2) is 193 Å². The lowest BCUT2D eigenvalue weighted by Gasteiger charge is -2.48. The highest BCUT2D eigenvalue weighted by Gasteiger charge is 2.54. The van der Waals surface area contributed by atoms with Crippen LogP contribution in [0, 0.1) is 0 Å². The van der Waals surface area contributed by atoms with E-state index in [-0.39, 0.29) is 18.9 Å². The number of rotatable bonds is 69. The number of ether oxygens (including phenoxy) is 6. The number of aliphatic hydroxyl groups is 11. The summed E-state index contributed by atoms with van der Waals surface area (Å²) in [6.45, 7) is 1.64. The number of hydrogen-bond donors (Lipinski definition) is 12. The van der Waals surface area contributed by atoms with E-state index in [2.05, 4.69) is 92.1 Å². The molecule has 19 nitrogen and oxygen atoms in total. The number of carbonyl (C=O) groups excluding carboxylic acids is 1. The Morgan fingerprint density at radius 1 is 0.346 bits per heavy atom. The summed E-state index contributed by atoms with van der Waals surface area (Å²) in [5.74, 6) is -0.287. The third-order valence-electron chi connectivity index (χ3n) is 21.2. The summed E-state index contributed by atoms with van der Waals surface area (Å²) in [6, 6.07) is -1.00. The molecule has 0 spiro atoms. The van der Waals surface area contributed by atoms with Gasteiger partial charge in [0.05, 0.1) is 38.6 Å². The number of hydrogen-bond acceptors (Lipinski definition) is 18. The predicted octanol–water partition coefficient (Wildman–Crippen LogP) is 15.7. The van der Waals surface area contributed by atoms with E-state index in [9.17, 15) is 61.0 Å². The van der Waals surface area contributed by atoms with E-state index in [1.54, 1.807) is 6.08 Å². The van der Waals surface area contributed by atoms with Crippen molar-refractivity contribution in [1.29, 1.82) is 0 Å². The quantitative estimate of drug-likeness (QED) is 0.0199. The predicted molar refractivity (Wildman–Crippen MR) is 429 cm³/mol. The maximum atomic E-state index is 13.5. The third kappa shape index (κ3) is 46.7. The Hall–Kier alpha value is -3.03. The van der Waals surface area contributed by atoms with Crippen LogP contribution in [0.4, 0.5) is 0 Å². The van der Waals surface area contributed by atoms with Crippen LogP contribution in [0.5, 0.6) is 0 Å². The van der Waals surface area contributed by atoms with Crippen LogP contribution in [0.2, 0.25) is 0 Å². The smallest absolute Gasteiger partial charge is 0.220 e. The zero-order valence-electron chi connectivity index (χ0n) is 66.9. The Balaban J connectivity index is 1.36. The Bertz CT molecular complexity index is 2260.